The Morgan fingerprint density at radius 3 is 2.17 bits per heavy atom. The first-order chi connectivity index (χ1) is 13.8. The summed E-state index contributed by atoms with van der Waals surface area (Å²) in [6.45, 7) is 7.43. The zero-order chi connectivity index (χ0) is 21.0. The Kier molecular flexibility index (Phi) is 6.17. The van der Waals surface area contributed by atoms with Crippen molar-refractivity contribution in [3.8, 4) is 11.4 Å². The number of nitrogens with one attached hydrogen (secondary N) is 2. The van der Waals surface area contributed by atoms with E-state index in [1.54, 1.807) is 32.0 Å². The van der Waals surface area contributed by atoms with Crippen molar-refractivity contribution in [2.24, 2.45) is 0 Å². The molecule has 7 heteroatoms. The molecule has 0 radical (unpaired) electrons. The molecule has 29 heavy (non-hydrogen) atoms. The minimum Gasteiger partial charge on any atom is -0.368 e. The number of hydrogen-bond donors (Lipinski definition) is 2. The van der Waals surface area contributed by atoms with Gasteiger partial charge in [0.1, 0.15) is 11.6 Å². The van der Waals surface area contributed by atoms with E-state index in [0.29, 0.717) is 23.1 Å². The van der Waals surface area contributed by atoms with Crippen molar-refractivity contribution in [3.05, 3.63) is 60.7 Å². The van der Waals surface area contributed by atoms with E-state index in [0.717, 1.165) is 5.56 Å². The molecule has 0 atom stereocenters. The molecule has 1 heterocycles. The Hall–Kier alpha value is -2.93. The normalized spacial score (nSPS) is 11.7. The Morgan fingerprint density at radius 1 is 0.828 bits per heavy atom. The lowest BCUT2D eigenvalue weighted by Crippen LogP contribution is -2.14. The van der Waals surface area contributed by atoms with Crippen LogP contribution in [0, 0.1) is 0 Å². The third-order valence-electron chi connectivity index (χ3n) is 4.25. The third-order valence-corrected chi connectivity index (χ3v) is 6.40. The van der Waals surface area contributed by atoms with Crippen LogP contribution >= 0.6 is 0 Å². The summed E-state index contributed by atoms with van der Waals surface area (Å²) in [7, 11) is -3.35. The van der Waals surface area contributed by atoms with Crippen molar-refractivity contribution in [2.75, 3.05) is 10.6 Å². The van der Waals surface area contributed by atoms with Crippen LogP contribution in [0.15, 0.2) is 65.6 Å². The van der Waals surface area contributed by atoms with Gasteiger partial charge in [-0.2, -0.15) is 0 Å². The molecule has 152 valence electrons. The highest BCUT2D eigenvalue weighted by molar-refractivity contribution is 7.92. The summed E-state index contributed by atoms with van der Waals surface area (Å²) in [5.74, 6) is 1.87. The molecule has 1 aromatic heterocycles. The zero-order valence-corrected chi connectivity index (χ0v) is 17.9. The van der Waals surface area contributed by atoms with E-state index >= 15 is 0 Å². The summed E-state index contributed by atoms with van der Waals surface area (Å²) in [6.07, 6.45) is 0. The van der Waals surface area contributed by atoms with Crippen molar-refractivity contribution in [2.45, 2.75) is 43.9 Å². The van der Waals surface area contributed by atoms with Gasteiger partial charge in [0.2, 0.25) is 0 Å². The van der Waals surface area contributed by atoms with Crippen LogP contribution in [0.1, 0.15) is 27.7 Å². The van der Waals surface area contributed by atoms with Crippen molar-refractivity contribution in [1.82, 2.24) is 9.97 Å². The zero-order valence-electron chi connectivity index (χ0n) is 17.0. The van der Waals surface area contributed by atoms with Crippen LogP contribution in [-0.4, -0.2) is 29.7 Å². The van der Waals surface area contributed by atoms with Gasteiger partial charge in [-0.05, 0) is 45.9 Å². The van der Waals surface area contributed by atoms with E-state index in [9.17, 15) is 8.42 Å². The highest BCUT2D eigenvalue weighted by atomic mass is 32.2. The van der Waals surface area contributed by atoms with Crippen molar-refractivity contribution in [3.63, 3.8) is 0 Å². The summed E-state index contributed by atoms with van der Waals surface area (Å²) in [4.78, 5) is 9.52. The van der Waals surface area contributed by atoms with Gasteiger partial charge in [0, 0.05) is 23.4 Å². The number of hydrogen-bond acceptors (Lipinski definition) is 6. The van der Waals surface area contributed by atoms with Gasteiger partial charge in [-0.1, -0.05) is 36.4 Å². The van der Waals surface area contributed by atoms with E-state index in [1.165, 1.54) is 0 Å². The maximum atomic E-state index is 12.5. The lowest BCUT2D eigenvalue weighted by molar-refractivity contribution is 0.587. The fourth-order valence-electron chi connectivity index (χ4n) is 2.77. The number of sulfone groups is 1. The van der Waals surface area contributed by atoms with Crippen LogP contribution in [0.3, 0.4) is 0 Å². The molecule has 2 N–H and O–H groups in total. The predicted molar refractivity (Wildman–Crippen MR) is 118 cm³/mol. The van der Waals surface area contributed by atoms with Crippen LogP contribution in [0.5, 0.6) is 0 Å². The standard InChI is InChI=1S/C22H26N4O2S/c1-15(2)23-20-14-21(26-22(25-20)17-9-6-5-7-10-17)24-18-11-8-12-19(13-18)29(27,28)16(3)4/h5-16H,1-4H3,(H2,23,24,25,26). The third kappa shape index (κ3) is 5.12. The van der Waals surface area contributed by atoms with Crippen LogP contribution in [0.2, 0.25) is 0 Å². The quantitative estimate of drug-likeness (QED) is 0.577. The van der Waals surface area contributed by atoms with Crippen molar-refractivity contribution in [1.29, 1.82) is 0 Å². The largest absolute Gasteiger partial charge is 0.368 e. The summed E-state index contributed by atoms with van der Waals surface area (Å²) in [5.41, 5.74) is 1.55. The van der Waals surface area contributed by atoms with Crippen LogP contribution < -0.4 is 10.6 Å². The maximum absolute atomic E-state index is 12.5. The van der Waals surface area contributed by atoms with E-state index < -0.39 is 15.1 Å². The Labute approximate surface area is 172 Å². The molecular weight excluding hydrogens is 384 g/mol. The molecule has 0 fully saturated rings. The fraction of sp³-hybridized carbons (Fsp3) is 0.273. The van der Waals surface area contributed by atoms with E-state index in [-0.39, 0.29) is 10.9 Å². The van der Waals surface area contributed by atoms with Gasteiger partial charge >= 0.3 is 0 Å². The summed E-state index contributed by atoms with van der Waals surface area (Å²) in [5, 5.41) is 6.05. The smallest absolute Gasteiger partial charge is 0.180 e. The Balaban J connectivity index is 1.99. The lowest BCUT2D eigenvalue weighted by Gasteiger charge is -2.14. The van der Waals surface area contributed by atoms with Gasteiger partial charge < -0.3 is 10.6 Å². The van der Waals surface area contributed by atoms with Gasteiger partial charge in [0.25, 0.3) is 0 Å². The first kappa shape index (κ1) is 20.8. The van der Waals surface area contributed by atoms with Gasteiger partial charge in [-0.3, -0.25) is 0 Å². The van der Waals surface area contributed by atoms with Crippen molar-refractivity contribution >= 4 is 27.2 Å². The number of rotatable bonds is 7. The molecular formula is C22H26N4O2S. The summed E-state index contributed by atoms with van der Waals surface area (Å²) < 4.78 is 25.0. The van der Waals surface area contributed by atoms with Crippen LogP contribution in [0.25, 0.3) is 11.4 Å². The molecule has 0 unspecified atom stereocenters. The number of nitrogens with zero attached hydrogens (tertiary/aromatic N) is 2. The van der Waals surface area contributed by atoms with E-state index in [1.807, 2.05) is 56.3 Å². The molecule has 3 rings (SSSR count). The second kappa shape index (κ2) is 8.61. The summed E-state index contributed by atoms with van der Waals surface area (Å²) in [6, 6.07) is 18.5. The fourth-order valence-corrected chi connectivity index (χ4v) is 3.87. The monoisotopic (exact) mass is 410 g/mol. The molecule has 0 spiro atoms. The SMILES string of the molecule is CC(C)Nc1cc(Nc2cccc(S(=O)(=O)C(C)C)c2)nc(-c2ccccc2)n1. The number of anilines is 3. The average Bonchev–Trinajstić information content (AvgIpc) is 2.68. The van der Waals surface area contributed by atoms with Gasteiger partial charge in [-0.25, -0.2) is 18.4 Å². The molecule has 0 amide bonds. The Bertz CT molecular complexity index is 1080. The second-order valence-electron chi connectivity index (χ2n) is 7.37. The maximum Gasteiger partial charge on any atom is 0.180 e. The molecule has 0 saturated carbocycles. The van der Waals surface area contributed by atoms with Gasteiger partial charge in [-0.15, -0.1) is 0 Å². The number of aromatic nitrogens is 2. The average molecular weight is 411 g/mol. The van der Waals surface area contributed by atoms with Crippen LogP contribution in [0.4, 0.5) is 17.3 Å². The predicted octanol–water partition coefficient (Wildman–Crippen LogP) is 4.89. The van der Waals surface area contributed by atoms with Gasteiger partial charge in [0.05, 0.1) is 10.1 Å². The molecule has 0 aliphatic heterocycles. The molecule has 0 saturated heterocycles. The molecule has 2 aromatic carbocycles. The second-order valence-corrected chi connectivity index (χ2v) is 9.88. The first-order valence-electron chi connectivity index (χ1n) is 9.58. The topological polar surface area (TPSA) is 84.0 Å². The van der Waals surface area contributed by atoms with E-state index in [4.69, 9.17) is 0 Å². The lowest BCUT2D eigenvalue weighted by atomic mass is 10.2. The first-order valence-corrected chi connectivity index (χ1v) is 11.1. The Morgan fingerprint density at radius 2 is 1.52 bits per heavy atom. The molecule has 6 nitrogen and oxygen atoms in total. The minimum atomic E-state index is -3.35. The minimum absolute atomic E-state index is 0.209. The molecule has 3 aromatic rings. The van der Waals surface area contributed by atoms with Crippen LogP contribution in [-0.2, 0) is 9.84 Å². The molecule has 0 bridgehead atoms. The van der Waals surface area contributed by atoms with E-state index in [2.05, 4.69) is 20.6 Å². The molecule has 0 aliphatic carbocycles. The number of benzene rings is 2. The highest BCUT2D eigenvalue weighted by Crippen LogP contribution is 2.25. The van der Waals surface area contributed by atoms with Crippen molar-refractivity contribution < 1.29 is 8.42 Å². The molecule has 0 aliphatic rings. The highest BCUT2D eigenvalue weighted by Gasteiger charge is 2.19. The summed E-state index contributed by atoms with van der Waals surface area (Å²) >= 11 is 0. The van der Waals surface area contributed by atoms with Gasteiger partial charge in [0.15, 0.2) is 15.7 Å².